The second-order valence-corrected chi connectivity index (χ2v) is 5.48. The normalized spacial score (nSPS) is 27.6. The number of likely N-dealkylation sites (tertiary alicyclic amines) is 2. The van der Waals surface area contributed by atoms with E-state index in [0.717, 1.165) is 12.0 Å². The average molecular weight is 210 g/mol. The van der Waals surface area contributed by atoms with E-state index in [1.807, 2.05) is 0 Å². The van der Waals surface area contributed by atoms with Crippen LogP contribution in [-0.4, -0.2) is 48.6 Å². The van der Waals surface area contributed by atoms with E-state index in [2.05, 4.69) is 23.6 Å². The molecule has 2 rings (SSSR count). The van der Waals surface area contributed by atoms with Gasteiger partial charge in [0.1, 0.15) is 0 Å². The van der Waals surface area contributed by atoms with Crippen LogP contribution < -0.4 is 0 Å². The second kappa shape index (κ2) is 5.31. The van der Waals surface area contributed by atoms with Gasteiger partial charge in [-0.2, -0.15) is 0 Å². The van der Waals surface area contributed by atoms with E-state index in [4.69, 9.17) is 0 Å². The van der Waals surface area contributed by atoms with Crippen molar-refractivity contribution in [3.8, 4) is 0 Å². The molecule has 2 nitrogen and oxygen atoms in total. The Hall–Kier alpha value is -0.0800. The summed E-state index contributed by atoms with van der Waals surface area (Å²) in [6.07, 6.45) is 5.65. The molecule has 2 heterocycles. The van der Waals surface area contributed by atoms with Gasteiger partial charge in [-0.15, -0.1) is 0 Å². The molecular formula is C13H26N2. The molecular weight excluding hydrogens is 184 g/mol. The molecule has 2 fully saturated rings. The van der Waals surface area contributed by atoms with Crippen molar-refractivity contribution in [1.82, 2.24) is 9.80 Å². The van der Waals surface area contributed by atoms with Gasteiger partial charge in [-0.05, 0) is 31.8 Å². The van der Waals surface area contributed by atoms with Crippen molar-refractivity contribution in [3.05, 3.63) is 0 Å². The van der Waals surface area contributed by atoms with E-state index >= 15 is 0 Å². The molecule has 1 atom stereocenters. The monoisotopic (exact) mass is 210 g/mol. The number of rotatable bonds is 4. The van der Waals surface area contributed by atoms with Gasteiger partial charge in [0.15, 0.2) is 0 Å². The Morgan fingerprint density at radius 2 is 1.80 bits per heavy atom. The first-order valence-electron chi connectivity index (χ1n) is 6.76. The largest absolute Gasteiger partial charge is 0.300 e. The lowest BCUT2D eigenvalue weighted by Crippen LogP contribution is -2.60. The average Bonchev–Trinajstić information content (AvgIpc) is 2.23. The smallest absolute Gasteiger partial charge is 0.0350 e. The summed E-state index contributed by atoms with van der Waals surface area (Å²) in [5.74, 6) is 0.882. The van der Waals surface area contributed by atoms with Crippen molar-refractivity contribution in [1.29, 1.82) is 0 Å². The van der Waals surface area contributed by atoms with E-state index < -0.39 is 0 Å². The van der Waals surface area contributed by atoms with Gasteiger partial charge in [0.2, 0.25) is 0 Å². The topological polar surface area (TPSA) is 6.48 Å². The summed E-state index contributed by atoms with van der Waals surface area (Å²) in [6.45, 7) is 11.4. The number of piperidine rings is 1. The van der Waals surface area contributed by atoms with Crippen LogP contribution in [0.4, 0.5) is 0 Å². The zero-order valence-electron chi connectivity index (χ0n) is 10.4. The zero-order chi connectivity index (χ0) is 10.7. The van der Waals surface area contributed by atoms with Crippen molar-refractivity contribution in [2.75, 3.05) is 32.7 Å². The number of hydrogen-bond donors (Lipinski definition) is 0. The molecule has 0 aromatic carbocycles. The summed E-state index contributed by atoms with van der Waals surface area (Å²) >= 11 is 0. The van der Waals surface area contributed by atoms with E-state index in [-0.39, 0.29) is 0 Å². The van der Waals surface area contributed by atoms with Crippen molar-refractivity contribution in [3.63, 3.8) is 0 Å². The van der Waals surface area contributed by atoms with Gasteiger partial charge in [0.05, 0.1) is 0 Å². The number of nitrogens with zero attached hydrogens (tertiary/aromatic N) is 2. The summed E-state index contributed by atoms with van der Waals surface area (Å²) in [7, 11) is 0. The van der Waals surface area contributed by atoms with Crippen LogP contribution in [0.1, 0.15) is 39.5 Å². The van der Waals surface area contributed by atoms with E-state index in [9.17, 15) is 0 Å². The Labute approximate surface area is 94.6 Å². The molecule has 0 radical (unpaired) electrons. The molecule has 2 aliphatic rings. The second-order valence-electron chi connectivity index (χ2n) is 5.48. The molecule has 88 valence electrons. The third-order valence-corrected chi connectivity index (χ3v) is 4.11. The molecule has 2 heteroatoms. The SMILES string of the molecule is CCC(C)CN1CC(N2CCCCC2)C1. The van der Waals surface area contributed by atoms with Crippen LogP contribution in [0.15, 0.2) is 0 Å². The van der Waals surface area contributed by atoms with E-state index in [0.29, 0.717) is 0 Å². The first-order chi connectivity index (χ1) is 7.29. The maximum absolute atomic E-state index is 2.72. The van der Waals surface area contributed by atoms with Gasteiger partial charge < -0.3 is 0 Å². The zero-order valence-corrected chi connectivity index (χ0v) is 10.4. The summed E-state index contributed by atoms with van der Waals surface area (Å²) in [4.78, 5) is 5.35. The lowest BCUT2D eigenvalue weighted by molar-refractivity contribution is 0.0156. The first-order valence-corrected chi connectivity index (χ1v) is 6.76. The number of hydrogen-bond acceptors (Lipinski definition) is 2. The first kappa shape index (κ1) is 11.4. The molecule has 1 unspecified atom stereocenters. The van der Waals surface area contributed by atoms with Crippen LogP contribution in [0.2, 0.25) is 0 Å². The van der Waals surface area contributed by atoms with Crippen LogP contribution in [0.5, 0.6) is 0 Å². The highest BCUT2D eigenvalue weighted by Crippen LogP contribution is 2.20. The standard InChI is InChI=1S/C13H26N2/c1-3-12(2)9-14-10-13(11-14)15-7-5-4-6-8-15/h12-13H,3-11H2,1-2H3. The van der Waals surface area contributed by atoms with Gasteiger partial charge in [0, 0.05) is 25.7 Å². The molecule has 15 heavy (non-hydrogen) atoms. The Morgan fingerprint density at radius 3 is 2.40 bits per heavy atom. The molecule has 0 saturated carbocycles. The molecule has 0 bridgehead atoms. The summed E-state index contributed by atoms with van der Waals surface area (Å²) in [5, 5.41) is 0. The third-order valence-electron chi connectivity index (χ3n) is 4.11. The minimum atomic E-state index is 0.882. The predicted molar refractivity (Wildman–Crippen MR) is 65.1 cm³/mol. The molecule has 2 aliphatic heterocycles. The van der Waals surface area contributed by atoms with Crippen LogP contribution in [0.25, 0.3) is 0 Å². The van der Waals surface area contributed by atoms with Gasteiger partial charge in [0.25, 0.3) is 0 Å². The fourth-order valence-corrected chi connectivity index (χ4v) is 2.78. The summed E-state index contributed by atoms with van der Waals surface area (Å²) in [6, 6.07) is 0.898. The maximum atomic E-state index is 2.72. The minimum Gasteiger partial charge on any atom is -0.300 e. The summed E-state index contributed by atoms with van der Waals surface area (Å²) in [5.41, 5.74) is 0. The molecule has 2 saturated heterocycles. The Kier molecular flexibility index (Phi) is 4.04. The van der Waals surface area contributed by atoms with Crippen molar-refractivity contribution >= 4 is 0 Å². The fraction of sp³-hybridized carbons (Fsp3) is 1.00. The van der Waals surface area contributed by atoms with Crippen molar-refractivity contribution < 1.29 is 0 Å². The lowest BCUT2D eigenvalue weighted by Gasteiger charge is -2.47. The van der Waals surface area contributed by atoms with E-state index in [1.165, 1.54) is 58.4 Å². The molecule has 0 aromatic heterocycles. The predicted octanol–water partition coefficient (Wildman–Crippen LogP) is 2.20. The Balaban J connectivity index is 1.64. The minimum absolute atomic E-state index is 0.882. The van der Waals surface area contributed by atoms with Gasteiger partial charge in [-0.3, -0.25) is 9.80 Å². The van der Waals surface area contributed by atoms with Crippen LogP contribution in [0.3, 0.4) is 0 Å². The highest BCUT2D eigenvalue weighted by molar-refractivity contribution is 4.89. The molecule has 0 amide bonds. The highest BCUT2D eigenvalue weighted by atomic mass is 15.3. The molecule has 0 N–H and O–H groups in total. The Bertz CT molecular complexity index is 181. The quantitative estimate of drug-likeness (QED) is 0.702. The van der Waals surface area contributed by atoms with Crippen LogP contribution >= 0.6 is 0 Å². The van der Waals surface area contributed by atoms with E-state index in [1.54, 1.807) is 0 Å². The fourth-order valence-electron chi connectivity index (χ4n) is 2.78. The van der Waals surface area contributed by atoms with Crippen LogP contribution in [-0.2, 0) is 0 Å². The third kappa shape index (κ3) is 2.94. The van der Waals surface area contributed by atoms with Gasteiger partial charge >= 0.3 is 0 Å². The molecule has 0 aromatic rings. The molecule has 0 spiro atoms. The van der Waals surface area contributed by atoms with Gasteiger partial charge in [-0.1, -0.05) is 26.7 Å². The summed E-state index contributed by atoms with van der Waals surface area (Å²) < 4.78 is 0. The van der Waals surface area contributed by atoms with Crippen molar-refractivity contribution in [2.24, 2.45) is 5.92 Å². The van der Waals surface area contributed by atoms with Crippen LogP contribution in [0, 0.1) is 5.92 Å². The lowest BCUT2D eigenvalue weighted by atomic mass is 10.00. The maximum Gasteiger partial charge on any atom is 0.0350 e. The molecule has 0 aliphatic carbocycles. The van der Waals surface area contributed by atoms with Crippen molar-refractivity contribution in [2.45, 2.75) is 45.6 Å². The Morgan fingerprint density at radius 1 is 1.13 bits per heavy atom. The highest BCUT2D eigenvalue weighted by Gasteiger charge is 2.32. The van der Waals surface area contributed by atoms with Gasteiger partial charge in [-0.25, -0.2) is 0 Å².